The number of hydrogen-bond acceptors (Lipinski definition) is 6. The molecule has 178 valence electrons. The van der Waals surface area contributed by atoms with Gasteiger partial charge in [0.2, 0.25) is 0 Å². The zero-order valence-electron chi connectivity index (χ0n) is 20.3. The quantitative estimate of drug-likeness (QED) is 0.436. The third-order valence-electron chi connectivity index (χ3n) is 6.17. The highest BCUT2D eigenvalue weighted by atomic mass is 16.5. The molecule has 0 bridgehead atoms. The molecular formula is C26H34N2O5. The van der Waals surface area contributed by atoms with Crippen molar-refractivity contribution in [3.05, 3.63) is 52.3 Å². The minimum atomic E-state index is -0.511. The number of carbonyl (C=O) groups is 3. The van der Waals surface area contributed by atoms with Crippen LogP contribution in [0.1, 0.15) is 76.1 Å². The molecule has 7 heteroatoms. The van der Waals surface area contributed by atoms with Crippen molar-refractivity contribution in [2.45, 2.75) is 47.5 Å². The fourth-order valence-corrected chi connectivity index (χ4v) is 4.36. The van der Waals surface area contributed by atoms with Gasteiger partial charge in [0, 0.05) is 22.6 Å². The summed E-state index contributed by atoms with van der Waals surface area (Å²) in [7, 11) is 0. The number of rotatable bonds is 8. The lowest BCUT2D eigenvalue weighted by molar-refractivity contribution is 0.0524. The molecule has 1 fully saturated rings. The van der Waals surface area contributed by atoms with Gasteiger partial charge in [-0.3, -0.25) is 9.69 Å². The predicted molar refractivity (Wildman–Crippen MR) is 126 cm³/mol. The first-order valence-corrected chi connectivity index (χ1v) is 11.7. The number of aryl methyl sites for hydroxylation is 1. The Hall–Kier alpha value is -2.93. The van der Waals surface area contributed by atoms with Gasteiger partial charge in [-0.15, -0.1) is 0 Å². The molecule has 0 saturated carbocycles. The molecule has 2 heterocycles. The van der Waals surface area contributed by atoms with Crippen LogP contribution in [0.4, 0.5) is 0 Å². The van der Waals surface area contributed by atoms with Gasteiger partial charge >= 0.3 is 11.9 Å². The highest BCUT2D eigenvalue weighted by Gasteiger charge is 2.23. The number of likely N-dealkylation sites (tertiary alicyclic amines) is 1. The Morgan fingerprint density at radius 1 is 0.909 bits per heavy atom. The monoisotopic (exact) mass is 454 g/mol. The fraction of sp³-hybridized carbons (Fsp3) is 0.500. The van der Waals surface area contributed by atoms with E-state index in [4.69, 9.17) is 9.47 Å². The van der Waals surface area contributed by atoms with Crippen molar-refractivity contribution >= 4 is 17.7 Å². The zero-order valence-corrected chi connectivity index (χ0v) is 20.3. The van der Waals surface area contributed by atoms with Crippen LogP contribution in [0.2, 0.25) is 0 Å². The van der Waals surface area contributed by atoms with Crippen LogP contribution in [0.3, 0.4) is 0 Å². The third kappa shape index (κ3) is 5.71. The molecule has 33 heavy (non-hydrogen) atoms. The molecule has 0 radical (unpaired) electrons. The molecule has 1 aliphatic heterocycles. The highest BCUT2D eigenvalue weighted by molar-refractivity contribution is 5.99. The second-order valence-electron chi connectivity index (χ2n) is 8.71. The summed E-state index contributed by atoms with van der Waals surface area (Å²) in [6, 6.07) is 6.73. The summed E-state index contributed by atoms with van der Waals surface area (Å²) in [5, 5.41) is 0. The minimum Gasteiger partial charge on any atom is -0.462 e. The maximum absolute atomic E-state index is 13.1. The topological polar surface area (TPSA) is 77.8 Å². The van der Waals surface area contributed by atoms with E-state index in [0.29, 0.717) is 23.7 Å². The summed E-state index contributed by atoms with van der Waals surface area (Å²) in [5.74, 6) is -0.233. The second-order valence-corrected chi connectivity index (χ2v) is 8.71. The molecule has 3 rings (SSSR count). The van der Waals surface area contributed by atoms with E-state index in [-0.39, 0.29) is 30.1 Å². The SMILES string of the molecule is CCOC(=O)c1cc(C(=O)OCC)cc(-n2c(C)cc(C(=O)CN3CCC(C)CC3)c2C)c1. The molecule has 1 aromatic heterocycles. The molecule has 1 aromatic carbocycles. The summed E-state index contributed by atoms with van der Waals surface area (Å²) >= 11 is 0. The summed E-state index contributed by atoms with van der Waals surface area (Å²) in [4.78, 5) is 40.2. The maximum Gasteiger partial charge on any atom is 0.338 e. The van der Waals surface area contributed by atoms with Crippen LogP contribution in [-0.2, 0) is 9.47 Å². The molecule has 0 atom stereocenters. The summed E-state index contributed by atoms with van der Waals surface area (Å²) in [6.07, 6.45) is 2.23. The van der Waals surface area contributed by atoms with Gasteiger partial charge in [0.1, 0.15) is 0 Å². The van der Waals surface area contributed by atoms with Gasteiger partial charge in [-0.2, -0.15) is 0 Å². The summed E-state index contributed by atoms with van der Waals surface area (Å²) in [6.45, 7) is 12.2. The second kappa shape index (κ2) is 10.8. The van der Waals surface area contributed by atoms with Crippen molar-refractivity contribution in [1.82, 2.24) is 9.47 Å². The molecule has 0 spiro atoms. The van der Waals surface area contributed by atoms with Crippen molar-refractivity contribution < 1.29 is 23.9 Å². The van der Waals surface area contributed by atoms with Crippen molar-refractivity contribution in [1.29, 1.82) is 0 Å². The van der Waals surface area contributed by atoms with Gasteiger partial charge < -0.3 is 14.0 Å². The lowest BCUT2D eigenvalue weighted by Crippen LogP contribution is -2.36. The van der Waals surface area contributed by atoms with Crippen molar-refractivity contribution in [3.63, 3.8) is 0 Å². The van der Waals surface area contributed by atoms with E-state index < -0.39 is 11.9 Å². The molecule has 2 aromatic rings. The van der Waals surface area contributed by atoms with Crippen LogP contribution in [-0.4, -0.2) is 60.0 Å². The van der Waals surface area contributed by atoms with Gasteiger partial charge in [-0.1, -0.05) is 6.92 Å². The Kier molecular flexibility index (Phi) is 8.08. The van der Waals surface area contributed by atoms with E-state index in [9.17, 15) is 14.4 Å². The van der Waals surface area contributed by atoms with Crippen molar-refractivity contribution in [3.8, 4) is 5.69 Å². The molecular weight excluding hydrogens is 420 g/mol. The average molecular weight is 455 g/mol. The smallest absolute Gasteiger partial charge is 0.338 e. The van der Waals surface area contributed by atoms with Crippen LogP contribution >= 0.6 is 0 Å². The molecule has 1 saturated heterocycles. The molecule has 0 unspecified atom stereocenters. The normalized spacial score (nSPS) is 14.8. The fourth-order valence-electron chi connectivity index (χ4n) is 4.36. The largest absolute Gasteiger partial charge is 0.462 e. The number of benzene rings is 1. The Morgan fingerprint density at radius 2 is 1.45 bits per heavy atom. The zero-order chi connectivity index (χ0) is 24.1. The number of nitrogens with zero attached hydrogens (tertiary/aromatic N) is 2. The molecule has 1 aliphatic rings. The van der Waals surface area contributed by atoms with E-state index in [1.54, 1.807) is 26.0 Å². The van der Waals surface area contributed by atoms with E-state index in [0.717, 1.165) is 37.3 Å². The Labute approximate surface area is 195 Å². The average Bonchev–Trinajstić information content (AvgIpc) is 3.09. The van der Waals surface area contributed by atoms with E-state index in [2.05, 4.69) is 11.8 Å². The van der Waals surface area contributed by atoms with Crippen LogP contribution in [0.25, 0.3) is 5.69 Å². The lowest BCUT2D eigenvalue weighted by atomic mass is 9.99. The first-order chi connectivity index (χ1) is 15.7. The van der Waals surface area contributed by atoms with Crippen LogP contribution in [0, 0.1) is 19.8 Å². The number of piperidine rings is 1. The first-order valence-electron chi connectivity index (χ1n) is 11.7. The van der Waals surface area contributed by atoms with Gasteiger partial charge in [0.15, 0.2) is 5.78 Å². The molecule has 7 nitrogen and oxygen atoms in total. The minimum absolute atomic E-state index is 0.0797. The highest BCUT2D eigenvalue weighted by Crippen LogP contribution is 2.25. The number of hydrogen-bond donors (Lipinski definition) is 0. The van der Waals surface area contributed by atoms with Gasteiger partial charge in [0.05, 0.1) is 30.9 Å². The standard InChI is InChI=1S/C26H34N2O5/c1-6-32-25(30)20-13-21(26(31)33-7-2)15-22(14-20)28-18(4)12-23(19(28)5)24(29)16-27-10-8-17(3)9-11-27/h12-15,17H,6-11,16H2,1-5H3. The van der Waals surface area contributed by atoms with E-state index >= 15 is 0 Å². The van der Waals surface area contributed by atoms with Crippen LogP contribution < -0.4 is 0 Å². The van der Waals surface area contributed by atoms with E-state index in [1.165, 1.54) is 6.07 Å². The van der Waals surface area contributed by atoms with E-state index in [1.807, 2.05) is 24.5 Å². The Bertz CT molecular complexity index is 995. The Balaban J connectivity index is 1.96. The number of ketones is 1. The molecule has 0 aliphatic carbocycles. The van der Waals surface area contributed by atoms with Crippen LogP contribution in [0.15, 0.2) is 24.3 Å². The number of esters is 2. The van der Waals surface area contributed by atoms with Gasteiger partial charge in [-0.25, -0.2) is 9.59 Å². The first kappa shape index (κ1) is 24.7. The number of aromatic nitrogens is 1. The molecule has 0 amide bonds. The molecule has 0 N–H and O–H groups in total. The lowest BCUT2D eigenvalue weighted by Gasteiger charge is -2.29. The predicted octanol–water partition coefficient (Wildman–Crippen LogP) is 4.36. The summed E-state index contributed by atoms with van der Waals surface area (Å²) < 4.78 is 12.2. The third-order valence-corrected chi connectivity index (χ3v) is 6.17. The number of carbonyl (C=O) groups excluding carboxylic acids is 3. The number of ether oxygens (including phenoxy) is 2. The summed E-state index contributed by atoms with van der Waals surface area (Å²) in [5.41, 5.74) is 3.42. The van der Waals surface area contributed by atoms with Crippen LogP contribution in [0.5, 0.6) is 0 Å². The maximum atomic E-state index is 13.1. The Morgan fingerprint density at radius 3 is 1.97 bits per heavy atom. The number of Topliss-reactive ketones (excluding diaryl/α,β-unsaturated/α-hetero) is 1. The van der Waals surface area contributed by atoms with Crippen molar-refractivity contribution in [2.75, 3.05) is 32.8 Å². The van der Waals surface area contributed by atoms with Gasteiger partial charge in [0.25, 0.3) is 0 Å². The van der Waals surface area contributed by atoms with Gasteiger partial charge in [-0.05, 0) is 83.8 Å². The van der Waals surface area contributed by atoms with Crippen molar-refractivity contribution in [2.24, 2.45) is 5.92 Å².